The smallest absolute Gasteiger partial charge is 0.341 e. The summed E-state index contributed by atoms with van der Waals surface area (Å²) < 4.78 is 9.74. The van der Waals surface area contributed by atoms with Crippen LogP contribution in [0.3, 0.4) is 0 Å². The molecule has 0 aliphatic carbocycles. The molecule has 0 saturated heterocycles. The lowest BCUT2D eigenvalue weighted by Crippen LogP contribution is -2.24. The second-order valence-electron chi connectivity index (χ2n) is 3.14. The molecular formula is C10H13NO5. The first-order valence-electron chi connectivity index (χ1n) is 4.68. The Labute approximate surface area is 92.7 Å². The number of allylic oxidation sites excluding steroid dienone is 1. The largest absolute Gasteiger partial charge is 0.482 e. The van der Waals surface area contributed by atoms with Gasteiger partial charge in [-0.1, -0.05) is 0 Å². The lowest BCUT2D eigenvalue weighted by Gasteiger charge is -2.21. The van der Waals surface area contributed by atoms with Crippen LogP contribution in [0.4, 0.5) is 0 Å². The van der Waals surface area contributed by atoms with Gasteiger partial charge in [-0.15, -0.1) is 0 Å². The number of carboxylic acid groups (broad SMARTS) is 1. The molecule has 6 nitrogen and oxygen atoms in total. The van der Waals surface area contributed by atoms with Gasteiger partial charge < -0.3 is 19.5 Å². The molecule has 88 valence electrons. The Kier molecular flexibility index (Phi) is 4.38. The Morgan fingerprint density at radius 2 is 2.31 bits per heavy atom. The molecule has 1 heterocycles. The summed E-state index contributed by atoms with van der Waals surface area (Å²) >= 11 is 0. The molecule has 0 saturated carbocycles. The summed E-state index contributed by atoms with van der Waals surface area (Å²) in [6, 6.07) is 0. The van der Waals surface area contributed by atoms with Gasteiger partial charge in [-0.3, -0.25) is 4.79 Å². The van der Waals surface area contributed by atoms with E-state index in [0.29, 0.717) is 12.3 Å². The average molecular weight is 227 g/mol. The van der Waals surface area contributed by atoms with Crippen LogP contribution in [-0.4, -0.2) is 41.8 Å². The Morgan fingerprint density at radius 1 is 1.56 bits per heavy atom. The summed E-state index contributed by atoms with van der Waals surface area (Å²) in [6.07, 6.45) is 5.02. The van der Waals surface area contributed by atoms with Crippen molar-refractivity contribution in [3.8, 4) is 0 Å². The number of hydrogen-bond donors (Lipinski definition) is 1. The van der Waals surface area contributed by atoms with Gasteiger partial charge in [-0.25, -0.2) is 4.79 Å². The number of carbonyl (C=O) groups is 2. The number of ether oxygens (including phenoxy) is 2. The first-order valence-corrected chi connectivity index (χ1v) is 4.68. The molecule has 0 aromatic heterocycles. The van der Waals surface area contributed by atoms with Gasteiger partial charge in [0.2, 0.25) is 0 Å². The highest BCUT2D eigenvalue weighted by Crippen LogP contribution is 2.08. The summed E-state index contributed by atoms with van der Waals surface area (Å²) in [5.74, 6) is -0.858. The van der Waals surface area contributed by atoms with Crippen LogP contribution in [0.1, 0.15) is 6.92 Å². The maximum Gasteiger partial charge on any atom is 0.341 e. The third-order valence-corrected chi connectivity index (χ3v) is 1.77. The van der Waals surface area contributed by atoms with E-state index < -0.39 is 5.97 Å². The van der Waals surface area contributed by atoms with Crippen molar-refractivity contribution in [2.24, 2.45) is 0 Å². The third kappa shape index (κ3) is 4.50. The van der Waals surface area contributed by atoms with E-state index in [9.17, 15) is 9.59 Å². The molecule has 0 atom stereocenters. The Hall–Kier alpha value is -1.98. The number of esters is 1. The fourth-order valence-corrected chi connectivity index (χ4v) is 1.04. The van der Waals surface area contributed by atoms with Crippen molar-refractivity contribution in [3.63, 3.8) is 0 Å². The minimum Gasteiger partial charge on any atom is -0.482 e. The molecule has 0 radical (unpaired) electrons. The molecule has 0 aromatic carbocycles. The minimum atomic E-state index is -1.02. The number of aliphatic carboxylic acids is 1. The fraction of sp³-hybridized carbons (Fsp3) is 0.400. The van der Waals surface area contributed by atoms with E-state index in [0.717, 1.165) is 0 Å². The van der Waals surface area contributed by atoms with E-state index in [-0.39, 0.29) is 19.3 Å². The van der Waals surface area contributed by atoms with Crippen LogP contribution in [0.25, 0.3) is 0 Å². The van der Waals surface area contributed by atoms with E-state index in [4.69, 9.17) is 14.6 Å². The van der Waals surface area contributed by atoms with E-state index >= 15 is 0 Å². The lowest BCUT2D eigenvalue weighted by molar-refractivity contribution is -0.144. The minimum absolute atomic E-state index is 0.175. The van der Waals surface area contributed by atoms with Gasteiger partial charge in [0.15, 0.2) is 13.3 Å². The molecular weight excluding hydrogens is 214 g/mol. The van der Waals surface area contributed by atoms with Crippen LogP contribution >= 0.6 is 0 Å². The summed E-state index contributed by atoms with van der Waals surface area (Å²) in [5, 5.41) is 8.40. The van der Waals surface area contributed by atoms with Crippen molar-refractivity contribution in [2.75, 3.05) is 19.9 Å². The van der Waals surface area contributed by atoms with E-state index in [1.807, 2.05) is 0 Å². The van der Waals surface area contributed by atoms with Crippen LogP contribution in [0, 0.1) is 0 Å². The molecule has 0 fully saturated rings. The summed E-state index contributed by atoms with van der Waals surface area (Å²) in [4.78, 5) is 22.5. The fourth-order valence-electron chi connectivity index (χ4n) is 1.04. The second kappa shape index (κ2) is 5.79. The van der Waals surface area contributed by atoms with Crippen LogP contribution in [0.5, 0.6) is 0 Å². The summed E-state index contributed by atoms with van der Waals surface area (Å²) in [5.41, 5.74) is 0. The zero-order valence-corrected chi connectivity index (χ0v) is 8.88. The molecule has 6 heteroatoms. The van der Waals surface area contributed by atoms with Crippen LogP contribution < -0.4 is 0 Å². The monoisotopic (exact) mass is 227 g/mol. The van der Waals surface area contributed by atoms with Crippen molar-refractivity contribution in [1.82, 2.24) is 4.90 Å². The lowest BCUT2D eigenvalue weighted by atomic mass is 10.3. The quantitative estimate of drug-likeness (QED) is 0.682. The van der Waals surface area contributed by atoms with Gasteiger partial charge in [0.1, 0.15) is 5.76 Å². The number of carboxylic acids is 1. The van der Waals surface area contributed by atoms with Gasteiger partial charge in [0.05, 0.1) is 0 Å². The molecule has 0 amide bonds. The molecule has 1 aliphatic heterocycles. The maximum atomic E-state index is 10.5. The molecule has 16 heavy (non-hydrogen) atoms. The SMILES string of the molecule is CC(=O)OCN1C=CC(OCC(=O)O)=CC1. The number of carbonyl (C=O) groups excluding carboxylic acids is 1. The highest BCUT2D eigenvalue weighted by Gasteiger charge is 2.07. The first-order chi connectivity index (χ1) is 7.58. The van der Waals surface area contributed by atoms with Crippen LogP contribution in [0.15, 0.2) is 24.1 Å². The van der Waals surface area contributed by atoms with Crippen LogP contribution in [-0.2, 0) is 19.1 Å². The number of nitrogens with zero attached hydrogens (tertiary/aromatic N) is 1. The summed E-state index contributed by atoms with van der Waals surface area (Å²) in [6.45, 7) is 1.66. The zero-order valence-electron chi connectivity index (χ0n) is 8.88. The van der Waals surface area contributed by atoms with Gasteiger partial charge in [0.25, 0.3) is 0 Å². The van der Waals surface area contributed by atoms with Gasteiger partial charge in [-0.05, 0) is 12.2 Å². The van der Waals surface area contributed by atoms with Crippen LogP contribution in [0.2, 0.25) is 0 Å². The number of rotatable bonds is 5. The van der Waals surface area contributed by atoms with Crippen molar-refractivity contribution < 1.29 is 24.2 Å². The highest BCUT2D eigenvalue weighted by molar-refractivity contribution is 5.68. The average Bonchev–Trinajstić information content (AvgIpc) is 2.25. The predicted molar refractivity (Wildman–Crippen MR) is 54.1 cm³/mol. The Balaban J connectivity index is 2.29. The molecule has 0 aromatic rings. The molecule has 0 spiro atoms. The second-order valence-corrected chi connectivity index (χ2v) is 3.14. The molecule has 1 aliphatic rings. The van der Waals surface area contributed by atoms with Gasteiger partial charge in [0, 0.05) is 19.7 Å². The normalized spacial score (nSPS) is 14.3. The molecule has 0 bridgehead atoms. The van der Waals surface area contributed by atoms with E-state index in [1.54, 1.807) is 23.3 Å². The standard InChI is InChI=1S/C10H13NO5/c1-8(12)16-7-11-4-2-9(3-5-11)15-6-10(13)14/h2-4H,5-7H2,1H3,(H,13,14). The molecule has 1 rings (SSSR count). The van der Waals surface area contributed by atoms with Crippen molar-refractivity contribution in [3.05, 3.63) is 24.1 Å². The van der Waals surface area contributed by atoms with Crippen molar-refractivity contribution >= 4 is 11.9 Å². The summed E-state index contributed by atoms with van der Waals surface area (Å²) in [7, 11) is 0. The molecule has 0 unspecified atom stereocenters. The highest BCUT2D eigenvalue weighted by atomic mass is 16.5. The van der Waals surface area contributed by atoms with E-state index in [1.165, 1.54) is 6.92 Å². The predicted octanol–water partition coefficient (Wildman–Crippen LogP) is 0.321. The van der Waals surface area contributed by atoms with E-state index in [2.05, 4.69) is 0 Å². The maximum absolute atomic E-state index is 10.5. The topological polar surface area (TPSA) is 76.1 Å². The van der Waals surface area contributed by atoms with Gasteiger partial charge in [-0.2, -0.15) is 0 Å². The Morgan fingerprint density at radius 3 is 2.81 bits per heavy atom. The van der Waals surface area contributed by atoms with Gasteiger partial charge >= 0.3 is 11.9 Å². The van der Waals surface area contributed by atoms with Crippen molar-refractivity contribution in [1.29, 1.82) is 0 Å². The Bertz CT molecular complexity index is 334. The number of hydrogen-bond acceptors (Lipinski definition) is 5. The van der Waals surface area contributed by atoms with Crippen molar-refractivity contribution in [2.45, 2.75) is 6.92 Å². The first kappa shape index (κ1) is 12.1. The molecule has 1 N–H and O–H groups in total. The third-order valence-electron chi connectivity index (χ3n) is 1.77. The zero-order chi connectivity index (χ0) is 12.0.